The molecule has 32 heavy (non-hydrogen) atoms. The smallest absolute Gasteiger partial charge is 0.324 e. The monoisotopic (exact) mass is 450 g/mol. The number of fused-ring (bicyclic) bond motifs is 1. The van der Waals surface area contributed by atoms with Gasteiger partial charge in [0.15, 0.2) is 0 Å². The van der Waals surface area contributed by atoms with Gasteiger partial charge in [0, 0.05) is 6.54 Å². The average Bonchev–Trinajstić information content (AvgIpc) is 3.03. The fourth-order valence-electron chi connectivity index (χ4n) is 3.23. The minimum absolute atomic E-state index is 0.0753. The maximum atomic E-state index is 12.7. The second-order valence-electron chi connectivity index (χ2n) is 7.12. The van der Waals surface area contributed by atoms with E-state index in [0.29, 0.717) is 10.6 Å². The summed E-state index contributed by atoms with van der Waals surface area (Å²) < 4.78 is 27.9. The lowest BCUT2D eigenvalue weighted by molar-refractivity contribution is -0.0585. The number of hydrogen-bond acceptors (Lipinski definition) is 6. The highest BCUT2D eigenvalue weighted by Gasteiger charge is 2.39. The van der Waals surface area contributed by atoms with E-state index in [9.17, 15) is 22.8 Å². The Morgan fingerprint density at radius 2 is 1.50 bits per heavy atom. The number of carbonyl (C=O) groups is 3. The molecule has 1 N–H and O–H groups in total. The van der Waals surface area contributed by atoms with E-state index in [4.69, 9.17) is 4.84 Å². The third kappa shape index (κ3) is 4.03. The highest BCUT2D eigenvalue weighted by molar-refractivity contribution is 7.89. The maximum Gasteiger partial charge on any atom is 0.364 e. The molecule has 4 rings (SSSR count). The van der Waals surface area contributed by atoms with Crippen LogP contribution in [0.1, 0.15) is 42.2 Å². The van der Waals surface area contributed by atoms with Crippen molar-refractivity contribution in [2.75, 3.05) is 0 Å². The molecule has 2 amide bonds. The van der Waals surface area contributed by atoms with Crippen LogP contribution in [0.25, 0.3) is 0 Å². The number of rotatable bonds is 6. The number of amides is 2. The first-order valence-electron chi connectivity index (χ1n) is 9.62. The number of hydroxylamine groups is 2. The van der Waals surface area contributed by atoms with Gasteiger partial charge in [-0.15, -0.1) is 0 Å². The standard InChI is InChI=1S/C23H18N2O6S/c1-15-11-12-17(32(29,30)24-14-16-7-3-2-4-8-16)13-20(15)23(28)31-25-21(26)18-9-5-6-10-19(18)22(25)27/h2-13,24H,14H2,1H3. The van der Waals surface area contributed by atoms with Crippen molar-refractivity contribution in [1.82, 2.24) is 9.79 Å². The number of aryl methyl sites for hydroxylation is 1. The lowest BCUT2D eigenvalue weighted by Crippen LogP contribution is -2.33. The second kappa shape index (κ2) is 8.37. The lowest BCUT2D eigenvalue weighted by Gasteiger charge is -2.14. The van der Waals surface area contributed by atoms with Gasteiger partial charge in [-0.25, -0.2) is 17.9 Å². The highest BCUT2D eigenvalue weighted by atomic mass is 32.2. The SMILES string of the molecule is Cc1ccc(S(=O)(=O)NCc2ccccc2)cc1C(=O)ON1C(=O)c2ccccc2C1=O. The Morgan fingerprint density at radius 3 is 2.12 bits per heavy atom. The van der Waals surface area contributed by atoms with E-state index in [-0.39, 0.29) is 28.1 Å². The summed E-state index contributed by atoms with van der Waals surface area (Å²) in [5.74, 6) is -2.54. The van der Waals surface area contributed by atoms with Crippen molar-refractivity contribution in [3.8, 4) is 0 Å². The van der Waals surface area contributed by atoms with Gasteiger partial charge in [0.25, 0.3) is 11.8 Å². The zero-order valence-corrected chi connectivity index (χ0v) is 17.8. The molecule has 3 aromatic carbocycles. The molecule has 0 aliphatic carbocycles. The van der Waals surface area contributed by atoms with Crippen molar-refractivity contribution >= 4 is 27.8 Å². The van der Waals surface area contributed by atoms with Gasteiger partial charge in [-0.1, -0.05) is 53.6 Å². The summed E-state index contributed by atoms with van der Waals surface area (Å²) in [5.41, 5.74) is 1.37. The van der Waals surface area contributed by atoms with Gasteiger partial charge >= 0.3 is 5.97 Å². The van der Waals surface area contributed by atoms with Crippen molar-refractivity contribution in [2.24, 2.45) is 0 Å². The quantitative estimate of drug-likeness (QED) is 0.579. The molecule has 0 atom stereocenters. The highest BCUT2D eigenvalue weighted by Crippen LogP contribution is 2.24. The molecule has 162 valence electrons. The molecule has 8 nitrogen and oxygen atoms in total. The minimum Gasteiger partial charge on any atom is -0.324 e. The van der Waals surface area contributed by atoms with E-state index in [1.807, 2.05) is 6.07 Å². The van der Waals surface area contributed by atoms with E-state index < -0.39 is 27.8 Å². The Bertz CT molecular complexity index is 1300. The number of nitrogens with one attached hydrogen (secondary N) is 1. The van der Waals surface area contributed by atoms with Crippen molar-refractivity contribution < 1.29 is 27.6 Å². The van der Waals surface area contributed by atoms with Gasteiger partial charge in [0.1, 0.15) is 0 Å². The second-order valence-corrected chi connectivity index (χ2v) is 8.88. The van der Waals surface area contributed by atoms with Crippen LogP contribution in [0.3, 0.4) is 0 Å². The van der Waals surface area contributed by atoms with Gasteiger partial charge in [-0.2, -0.15) is 0 Å². The van der Waals surface area contributed by atoms with Crippen LogP contribution in [0, 0.1) is 6.92 Å². The molecule has 1 aliphatic heterocycles. The van der Waals surface area contributed by atoms with Crippen LogP contribution in [0.5, 0.6) is 0 Å². The third-order valence-corrected chi connectivity index (χ3v) is 6.38. The van der Waals surface area contributed by atoms with Crippen molar-refractivity contribution in [2.45, 2.75) is 18.4 Å². The zero-order chi connectivity index (χ0) is 22.9. The van der Waals surface area contributed by atoms with E-state index in [1.165, 1.54) is 24.3 Å². The average molecular weight is 450 g/mol. The molecule has 1 heterocycles. The summed E-state index contributed by atoms with van der Waals surface area (Å²) in [6.07, 6.45) is 0. The fourth-order valence-corrected chi connectivity index (χ4v) is 4.27. The molecule has 3 aromatic rings. The van der Waals surface area contributed by atoms with Crippen LogP contribution in [-0.2, 0) is 21.4 Å². The van der Waals surface area contributed by atoms with Crippen LogP contribution >= 0.6 is 0 Å². The predicted molar refractivity (Wildman–Crippen MR) is 114 cm³/mol. The van der Waals surface area contributed by atoms with Gasteiger partial charge in [-0.3, -0.25) is 9.59 Å². The first-order chi connectivity index (χ1) is 15.3. The van der Waals surface area contributed by atoms with Crippen LogP contribution in [0.4, 0.5) is 0 Å². The molecule has 0 saturated heterocycles. The maximum absolute atomic E-state index is 12.7. The lowest BCUT2D eigenvalue weighted by atomic mass is 10.1. The number of carbonyl (C=O) groups excluding carboxylic acids is 3. The van der Waals surface area contributed by atoms with Crippen LogP contribution in [0.15, 0.2) is 77.7 Å². The number of nitrogens with zero attached hydrogens (tertiary/aromatic N) is 1. The van der Waals surface area contributed by atoms with Gasteiger partial charge < -0.3 is 4.84 Å². The molecule has 0 radical (unpaired) electrons. The van der Waals surface area contributed by atoms with E-state index >= 15 is 0 Å². The Morgan fingerprint density at radius 1 is 0.906 bits per heavy atom. The number of sulfonamides is 1. The number of hydrogen-bond donors (Lipinski definition) is 1. The summed E-state index contributed by atoms with van der Waals surface area (Å²) >= 11 is 0. The number of benzene rings is 3. The molecule has 0 unspecified atom stereocenters. The zero-order valence-electron chi connectivity index (χ0n) is 16.9. The minimum atomic E-state index is -3.93. The first kappa shape index (κ1) is 21.4. The van der Waals surface area contributed by atoms with Gasteiger partial charge in [0.2, 0.25) is 10.0 Å². The summed E-state index contributed by atoms with van der Waals surface area (Å²) in [5, 5.41) is 0.390. The van der Waals surface area contributed by atoms with E-state index in [1.54, 1.807) is 43.3 Å². The molecule has 0 aromatic heterocycles. The molecule has 1 aliphatic rings. The van der Waals surface area contributed by atoms with Crippen LogP contribution < -0.4 is 4.72 Å². The van der Waals surface area contributed by atoms with Gasteiger partial charge in [-0.05, 0) is 42.3 Å². The fraction of sp³-hybridized carbons (Fsp3) is 0.0870. The normalized spacial score (nSPS) is 13.2. The molecule has 0 saturated carbocycles. The topological polar surface area (TPSA) is 110 Å². The van der Waals surface area contributed by atoms with Crippen molar-refractivity contribution in [3.05, 3.63) is 101 Å². The van der Waals surface area contributed by atoms with Crippen LogP contribution in [0.2, 0.25) is 0 Å². The summed E-state index contributed by atoms with van der Waals surface area (Å²) in [7, 11) is -3.93. The largest absolute Gasteiger partial charge is 0.364 e. The van der Waals surface area contributed by atoms with Crippen molar-refractivity contribution in [1.29, 1.82) is 0 Å². The molecular formula is C23H18N2O6S. The van der Waals surface area contributed by atoms with Crippen LogP contribution in [-0.4, -0.2) is 31.3 Å². The predicted octanol–water partition coefficient (Wildman–Crippen LogP) is 2.84. The molecular weight excluding hydrogens is 432 g/mol. The summed E-state index contributed by atoms with van der Waals surface area (Å²) in [4.78, 5) is 42.5. The molecule has 9 heteroatoms. The van der Waals surface area contributed by atoms with E-state index in [0.717, 1.165) is 11.6 Å². The summed E-state index contributed by atoms with van der Waals surface area (Å²) in [6.45, 7) is 1.67. The summed E-state index contributed by atoms with van der Waals surface area (Å²) in [6, 6.07) is 19.1. The Labute approximate surface area is 184 Å². The number of imide groups is 1. The first-order valence-corrected chi connectivity index (χ1v) is 11.1. The Hall–Kier alpha value is -3.82. The Balaban J connectivity index is 1.54. The van der Waals surface area contributed by atoms with Crippen molar-refractivity contribution in [3.63, 3.8) is 0 Å². The van der Waals surface area contributed by atoms with Gasteiger partial charge in [0.05, 0.1) is 21.6 Å². The molecule has 0 bridgehead atoms. The Kier molecular flexibility index (Phi) is 5.60. The third-order valence-electron chi connectivity index (χ3n) is 4.98. The molecule has 0 spiro atoms. The molecule has 0 fully saturated rings. The van der Waals surface area contributed by atoms with E-state index in [2.05, 4.69) is 4.72 Å².